The van der Waals surface area contributed by atoms with Crippen LogP contribution in [0, 0.1) is 5.41 Å². The summed E-state index contributed by atoms with van der Waals surface area (Å²) in [4.78, 5) is 0. The molecule has 1 N–H and O–H groups in total. The van der Waals surface area contributed by atoms with Gasteiger partial charge in [0, 0.05) is 5.41 Å². The van der Waals surface area contributed by atoms with Gasteiger partial charge >= 0.3 is 0 Å². The Morgan fingerprint density at radius 2 is 1.77 bits per heavy atom. The lowest BCUT2D eigenvalue weighted by atomic mass is 9.51. The Kier molecular flexibility index (Phi) is 2.09. The number of aliphatic hydroxyl groups is 1. The van der Waals surface area contributed by atoms with E-state index in [2.05, 4.69) is 12.3 Å². The zero-order chi connectivity index (χ0) is 9.36. The van der Waals surface area contributed by atoms with Crippen LogP contribution in [0.5, 0.6) is 0 Å². The van der Waals surface area contributed by atoms with Gasteiger partial charge in [-0.05, 0) is 31.8 Å². The molecule has 1 unspecified atom stereocenters. The summed E-state index contributed by atoms with van der Waals surface area (Å²) >= 11 is 0. The van der Waals surface area contributed by atoms with Crippen LogP contribution in [0.3, 0.4) is 0 Å². The summed E-state index contributed by atoms with van der Waals surface area (Å²) < 4.78 is 0. The Bertz CT molecular complexity index is 244. The summed E-state index contributed by atoms with van der Waals surface area (Å²) in [5, 5.41) is 10.3. The second kappa shape index (κ2) is 3.01. The molecule has 0 saturated heterocycles. The van der Waals surface area contributed by atoms with E-state index in [1.807, 2.05) is 0 Å². The lowest BCUT2D eigenvalue weighted by Gasteiger charge is -2.56. The number of hydrogen-bond acceptors (Lipinski definition) is 1. The molecule has 0 bridgehead atoms. The van der Waals surface area contributed by atoms with Crippen molar-refractivity contribution in [3.05, 3.63) is 18.4 Å². The minimum absolute atomic E-state index is 0.204. The van der Waals surface area contributed by atoms with Crippen molar-refractivity contribution in [3.63, 3.8) is 0 Å². The molecular weight excluding hydrogens is 160 g/mol. The maximum Gasteiger partial charge on any atom is 0.0956 e. The largest absolute Gasteiger partial charge is 0.385 e. The minimum Gasteiger partial charge on any atom is -0.385 e. The van der Waals surface area contributed by atoms with Gasteiger partial charge in [-0.1, -0.05) is 25.8 Å². The third-order valence-corrected chi connectivity index (χ3v) is 4.05. The van der Waals surface area contributed by atoms with Crippen LogP contribution in [-0.2, 0) is 0 Å². The van der Waals surface area contributed by atoms with E-state index < -0.39 is 5.60 Å². The van der Waals surface area contributed by atoms with Gasteiger partial charge in [0.2, 0.25) is 0 Å². The second-order valence-electron chi connectivity index (χ2n) is 4.61. The second-order valence-corrected chi connectivity index (χ2v) is 4.61. The first-order valence-corrected chi connectivity index (χ1v) is 5.32. The number of hydrogen-bond donors (Lipinski definition) is 1. The zero-order valence-electron chi connectivity index (χ0n) is 8.18. The van der Waals surface area contributed by atoms with Crippen molar-refractivity contribution in [1.82, 2.24) is 0 Å². The molecule has 0 amide bonds. The van der Waals surface area contributed by atoms with Gasteiger partial charge in [-0.3, -0.25) is 0 Å². The molecule has 2 rings (SSSR count). The lowest BCUT2D eigenvalue weighted by molar-refractivity contribution is -0.148. The molecule has 13 heavy (non-hydrogen) atoms. The molecule has 2 fully saturated rings. The normalized spacial score (nSPS) is 36.4. The predicted molar refractivity (Wildman–Crippen MR) is 53.4 cm³/mol. The average molecular weight is 178 g/mol. The van der Waals surface area contributed by atoms with E-state index in [9.17, 15) is 5.11 Å². The maximum atomic E-state index is 10.3. The molecule has 0 aromatic carbocycles. The zero-order valence-corrected chi connectivity index (χ0v) is 8.18. The van der Waals surface area contributed by atoms with Gasteiger partial charge < -0.3 is 5.11 Å². The van der Waals surface area contributed by atoms with Gasteiger partial charge in [-0.2, -0.15) is 0 Å². The SMILES string of the molecule is C=C=CC1(O)CCC12CCCCC2. The van der Waals surface area contributed by atoms with Gasteiger partial charge in [0.1, 0.15) is 0 Å². The van der Waals surface area contributed by atoms with Crippen molar-refractivity contribution in [3.8, 4) is 0 Å². The van der Waals surface area contributed by atoms with Crippen molar-refractivity contribution in [2.24, 2.45) is 5.41 Å². The van der Waals surface area contributed by atoms with Crippen LogP contribution in [0.1, 0.15) is 44.9 Å². The van der Waals surface area contributed by atoms with E-state index in [0.29, 0.717) is 0 Å². The molecule has 72 valence electrons. The molecule has 1 spiro atoms. The van der Waals surface area contributed by atoms with Crippen molar-refractivity contribution in [2.75, 3.05) is 0 Å². The highest BCUT2D eigenvalue weighted by Gasteiger charge is 2.56. The van der Waals surface area contributed by atoms with E-state index in [1.54, 1.807) is 6.08 Å². The van der Waals surface area contributed by atoms with Crippen molar-refractivity contribution in [2.45, 2.75) is 50.5 Å². The van der Waals surface area contributed by atoms with Crippen LogP contribution in [-0.4, -0.2) is 10.7 Å². The molecule has 2 aliphatic rings. The van der Waals surface area contributed by atoms with E-state index in [-0.39, 0.29) is 5.41 Å². The number of rotatable bonds is 1. The highest BCUT2D eigenvalue weighted by Crippen LogP contribution is 2.58. The molecule has 2 saturated carbocycles. The first-order valence-electron chi connectivity index (χ1n) is 5.32. The fraction of sp³-hybridized carbons (Fsp3) is 0.750. The molecule has 0 aromatic rings. The monoisotopic (exact) mass is 178 g/mol. The molecule has 0 aliphatic heterocycles. The molecule has 2 aliphatic carbocycles. The Labute approximate surface area is 80.2 Å². The Balaban J connectivity index is 2.18. The summed E-state index contributed by atoms with van der Waals surface area (Å²) in [6.07, 6.45) is 10.2. The Morgan fingerprint density at radius 3 is 2.23 bits per heavy atom. The van der Waals surface area contributed by atoms with E-state index in [4.69, 9.17) is 0 Å². The van der Waals surface area contributed by atoms with Crippen LogP contribution in [0.2, 0.25) is 0 Å². The van der Waals surface area contributed by atoms with Crippen LogP contribution >= 0.6 is 0 Å². The maximum absolute atomic E-state index is 10.3. The summed E-state index contributed by atoms with van der Waals surface area (Å²) in [5.74, 6) is 0. The first kappa shape index (κ1) is 9.05. The highest BCUT2D eigenvalue weighted by molar-refractivity contribution is 5.17. The standard InChI is InChI=1S/C12H18O/c1-2-6-12(13)10-9-11(12)7-4-3-5-8-11/h6,13H,1,3-5,7-10H2. The minimum atomic E-state index is -0.560. The van der Waals surface area contributed by atoms with Gasteiger partial charge in [0.25, 0.3) is 0 Å². The highest BCUT2D eigenvalue weighted by atomic mass is 16.3. The molecule has 0 radical (unpaired) electrons. The van der Waals surface area contributed by atoms with Gasteiger partial charge in [-0.15, -0.1) is 5.73 Å². The summed E-state index contributed by atoms with van der Waals surface area (Å²) in [6, 6.07) is 0. The van der Waals surface area contributed by atoms with Crippen LogP contribution in [0.25, 0.3) is 0 Å². The van der Waals surface area contributed by atoms with Crippen LogP contribution in [0.15, 0.2) is 18.4 Å². The van der Waals surface area contributed by atoms with Crippen LogP contribution in [0.4, 0.5) is 0 Å². The summed E-state index contributed by atoms with van der Waals surface area (Å²) in [5.41, 5.74) is 2.40. The smallest absolute Gasteiger partial charge is 0.0956 e. The van der Waals surface area contributed by atoms with Crippen molar-refractivity contribution in [1.29, 1.82) is 0 Å². The van der Waals surface area contributed by atoms with Gasteiger partial charge in [0.15, 0.2) is 0 Å². The molecule has 1 nitrogen and oxygen atoms in total. The van der Waals surface area contributed by atoms with Crippen molar-refractivity contribution < 1.29 is 5.11 Å². The molecule has 1 atom stereocenters. The lowest BCUT2D eigenvalue weighted by Crippen LogP contribution is -2.56. The topological polar surface area (TPSA) is 20.2 Å². The van der Waals surface area contributed by atoms with Crippen molar-refractivity contribution >= 4 is 0 Å². The third kappa shape index (κ3) is 1.19. The van der Waals surface area contributed by atoms with E-state index in [0.717, 1.165) is 6.42 Å². The third-order valence-electron chi connectivity index (χ3n) is 4.05. The molecule has 1 heteroatoms. The van der Waals surface area contributed by atoms with E-state index in [1.165, 1.54) is 38.5 Å². The molecule has 0 heterocycles. The van der Waals surface area contributed by atoms with Gasteiger partial charge in [0.05, 0.1) is 5.60 Å². The fourth-order valence-corrected chi connectivity index (χ4v) is 3.04. The molecule has 0 aromatic heterocycles. The average Bonchev–Trinajstić information content (AvgIpc) is 2.18. The predicted octanol–water partition coefficient (Wildman–Crippen LogP) is 2.80. The van der Waals surface area contributed by atoms with Crippen LogP contribution < -0.4 is 0 Å². The Hall–Kier alpha value is -0.520. The van der Waals surface area contributed by atoms with E-state index >= 15 is 0 Å². The molecular formula is C12H18O. The fourth-order valence-electron chi connectivity index (χ4n) is 3.04. The summed E-state index contributed by atoms with van der Waals surface area (Å²) in [7, 11) is 0. The van der Waals surface area contributed by atoms with Gasteiger partial charge in [-0.25, -0.2) is 0 Å². The quantitative estimate of drug-likeness (QED) is 0.612. The summed E-state index contributed by atoms with van der Waals surface area (Å²) in [6.45, 7) is 3.57. The first-order chi connectivity index (χ1) is 6.22. The Morgan fingerprint density at radius 1 is 1.08 bits per heavy atom.